The molecule has 0 aromatic rings. The Kier molecular flexibility index (Phi) is 4.41. The van der Waals surface area contributed by atoms with Gasteiger partial charge in [0.2, 0.25) is 5.91 Å². The van der Waals surface area contributed by atoms with Crippen molar-refractivity contribution in [2.45, 2.75) is 12.5 Å². The van der Waals surface area contributed by atoms with Crippen molar-refractivity contribution in [3.63, 3.8) is 0 Å². The Hall–Kier alpha value is -0.750. The quantitative estimate of drug-likeness (QED) is 0.674. The van der Waals surface area contributed by atoms with Crippen LogP contribution in [0.1, 0.15) is 6.42 Å². The normalized spacial score (nSPS) is 18.4. The fraction of sp³-hybridized carbons (Fsp3) is 0.778. The molecule has 15 heavy (non-hydrogen) atoms. The number of hydrogen-bond acceptors (Lipinski definition) is 4. The largest absolute Gasteiger partial charge is 0.481 e. The van der Waals surface area contributed by atoms with Gasteiger partial charge in [-0.3, -0.25) is 9.59 Å². The molecule has 1 aliphatic rings. The van der Waals surface area contributed by atoms with Crippen molar-refractivity contribution in [3.05, 3.63) is 0 Å². The molecule has 0 aromatic carbocycles. The third-order valence-electron chi connectivity index (χ3n) is 2.49. The Morgan fingerprint density at radius 3 is 2.67 bits per heavy atom. The summed E-state index contributed by atoms with van der Waals surface area (Å²) in [6, 6.07) is -0.479. The van der Waals surface area contributed by atoms with Crippen LogP contribution in [0.5, 0.6) is 0 Å². The van der Waals surface area contributed by atoms with Gasteiger partial charge in [-0.05, 0) is 18.4 Å². The van der Waals surface area contributed by atoms with E-state index in [9.17, 15) is 9.59 Å². The van der Waals surface area contributed by atoms with E-state index in [1.54, 1.807) is 11.8 Å². The van der Waals surface area contributed by atoms with Crippen LogP contribution < -0.4 is 5.73 Å². The molecule has 1 saturated heterocycles. The first-order valence-corrected chi connectivity index (χ1v) is 6.21. The van der Waals surface area contributed by atoms with Gasteiger partial charge >= 0.3 is 5.97 Å². The second kappa shape index (κ2) is 5.37. The summed E-state index contributed by atoms with van der Waals surface area (Å²) in [5.74, 6) is -0.511. The van der Waals surface area contributed by atoms with Crippen molar-refractivity contribution < 1.29 is 14.7 Å². The highest BCUT2D eigenvalue weighted by atomic mass is 32.2. The zero-order chi connectivity index (χ0) is 11.4. The second-order valence-corrected chi connectivity index (χ2v) is 4.65. The van der Waals surface area contributed by atoms with Crippen molar-refractivity contribution in [2.24, 2.45) is 11.7 Å². The molecule has 6 heteroatoms. The van der Waals surface area contributed by atoms with Gasteiger partial charge in [-0.2, -0.15) is 11.8 Å². The zero-order valence-corrected chi connectivity index (χ0v) is 9.50. The lowest BCUT2D eigenvalue weighted by atomic mass is 9.99. The number of carbonyl (C=O) groups excluding carboxylic acids is 1. The molecule has 1 atom stereocenters. The molecule has 0 saturated carbocycles. The Morgan fingerprint density at radius 2 is 2.20 bits per heavy atom. The maximum Gasteiger partial charge on any atom is 0.310 e. The van der Waals surface area contributed by atoms with Gasteiger partial charge in [-0.25, -0.2) is 0 Å². The minimum absolute atomic E-state index is 0.124. The molecule has 0 radical (unpaired) electrons. The number of thioether (sulfide) groups is 1. The maximum atomic E-state index is 11.6. The predicted molar refractivity (Wildman–Crippen MR) is 58.7 cm³/mol. The van der Waals surface area contributed by atoms with Crippen molar-refractivity contribution in [1.29, 1.82) is 0 Å². The molecule has 0 aromatic heterocycles. The standard InChI is InChI=1S/C9H16N2O3S/c1-15-3-2-7(10)8(12)11-4-6(5-11)9(13)14/h6-7H,2-5,10H2,1H3,(H,13,14)/t7-/m1/s1. The van der Waals surface area contributed by atoms with E-state index in [0.717, 1.165) is 5.75 Å². The summed E-state index contributed by atoms with van der Waals surface area (Å²) < 4.78 is 0. The molecule has 0 spiro atoms. The highest BCUT2D eigenvalue weighted by molar-refractivity contribution is 7.98. The summed E-state index contributed by atoms with van der Waals surface area (Å²) in [6.07, 6.45) is 2.61. The molecule has 1 heterocycles. The van der Waals surface area contributed by atoms with E-state index >= 15 is 0 Å². The van der Waals surface area contributed by atoms with E-state index in [1.807, 2.05) is 6.26 Å². The lowest BCUT2D eigenvalue weighted by Crippen LogP contribution is -2.57. The highest BCUT2D eigenvalue weighted by Crippen LogP contribution is 2.17. The molecule has 0 bridgehead atoms. The van der Waals surface area contributed by atoms with Crippen molar-refractivity contribution in [2.75, 3.05) is 25.1 Å². The number of aliphatic carboxylic acids is 1. The summed E-state index contributed by atoms with van der Waals surface area (Å²) in [7, 11) is 0. The number of carbonyl (C=O) groups is 2. The van der Waals surface area contributed by atoms with E-state index in [2.05, 4.69) is 0 Å². The Labute approximate surface area is 93.0 Å². The van der Waals surface area contributed by atoms with Crippen LogP contribution in [0.25, 0.3) is 0 Å². The number of likely N-dealkylation sites (tertiary alicyclic amines) is 1. The summed E-state index contributed by atoms with van der Waals surface area (Å²) in [5.41, 5.74) is 5.68. The highest BCUT2D eigenvalue weighted by Gasteiger charge is 2.37. The average Bonchev–Trinajstić information content (AvgIpc) is 2.10. The van der Waals surface area contributed by atoms with Crippen LogP contribution in [-0.4, -0.2) is 53.0 Å². The molecule has 0 aliphatic carbocycles. The SMILES string of the molecule is CSCC[C@@H](N)C(=O)N1CC(C(=O)O)C1. The average molecular weight is 232 g/mol. The Balaban J connectivity index is 2.28. The minimum atomic E-state index is -0.836. The summed E-state index contributed by atoms with van der Waals surface area (Å²) >= 11 is 1.65. The molecule has 1 fully saturated rings. The molecule has 1 aliphatic heterocycles. The monoisotopic (exact) mass is 232 g/mol. The van der Waals surface area contributed by atoms with Gasteiger partial charge in [-0.15, -0.1) is 0 Å². The molecule has 1 rings (SSSR count). The smallest absolute Gasteiger partial charge is 0.310 e. The van der Waals surface area contributed by atoms with Crippen LogP contribution in [0.4, 0.5) is 0 Å². The summed E-state index contributed by atoms with van der Waals surface area (Å²) in [4.78, 5) is 23.6. The topological polar surface area (TPSA) is 83.6 Å². The molecule has 5 nitrogen and oxygen atoms in total. The Bertz CT molecular complexity index is 254. The summed E-state index contributed by atoms with van der Waals surface area (Å²) in [6.45, 7) is 0.613. The number of nitrogens with two attached hydrogens (primary N) is 1. The van der Waals surface area contributed by atoms with Crippen LogP contribution in [-0.2, 0) is 9.59 Å². The van der Waals surface area contributed by atoms with Crippen LogP contribution in [0.2, 0.25) is 0 Å². The van der Waals surface area contributed by atoms with E-state index in [-0.39, 0.29) is 5.91 Å². The van der Waals surface area contributed by atoms with Crippen LogP contribution in [0, 0.1) is 5.92 Å². The van der Waals surface area contributed by atoms with Crippen LogP contribution >= 0.6 is 11.8 Å². The molecule has 0 unspecified atom stereocenters. The fourth-order valence-electron chi connectivity index (χ4n) is 1.42. The first kappa shape index (κ1) is 12.3. The molecule has 3 N–H and O–H groups in total. The zero-order valence-electron chi connectivity index (χ0n) is 8.68. The molecular formula is C9H16N2O3S. The van der Waals surface area contributed by atoms with Crippen LogP contribution in [0.3, 0.4) is 0 Å². The Morgan fingerprint density at radius 1 is 1.60 bits per heavy atom. The molecule has 1 amide bonds. The lowest BCUT2D eigenvalue weighted by molar-refractivity contribution is -0.153. The maximum absolute atomic E-state index is 11.6. The van der Waals surface area contributed by atoms with Gasteiger partial charge in [0.1, 0.15) is 0 Å². The van der Waals surface area contributed by atoms with Crippen molar-refractivity contribution >= 4 is 23.6 Å². The van der Waals surface area contributed by atoms with Gasteiger partial charge in [0, 0.05) is 13.1 Å². The number of hydrogen-bond donors (Lipinski definition) is 2. The number of carboxylic acids is 1. The molecular weight excluding hydrogens is 216 g/mol. The van der Waals surface area contributed by atoms with Gasteiger partial charge in [0.25, 0.3) is 0 Å². The van der Waals surface area contributed by atoms with Gasteiger partial charge in [0.15, 0.2) is 0 Å². The second-order valence-electron chi connectivity index (χ2n) is 3.67. The first-order chi connectivity index (χ1) is 7.06. The number of carboxylic acid groups (broad SMARTS) is 1. The van der Waals surface area contributed by atoms with E-state index in [4.69, 9.17) is 10.8 Å². The fourth-order valence-corrected chi connectivity index (χ4v) is 1.91. The van der Waals surface area contributed by atoms with E-state index in [0.29, 0.717) is 19.5 Å². The third-order valence-corrected chi connectivity index (χ3v) is 3.14. The third kappa shape index (κ3) is 3.10. The van der Waals surface area contributed by atoms with Crippen LogP contribution in [0.15, 0.2) is 0 Å². The van der Waals surface area contributed by atoms with E-state index in [1.165, 1.54) is 4.90 Å². The number of rotatable bonds is 5. The predicted octanol–water partition coefficient (Wildman–Crippen LogP) is -0.390. The molecule has 86 valence electrons. The van der Waals surface area contributed by atoms with Gasteiger partial charge in [-0.1, -0.05) is 0 Å². The van der Waals surface area contributed by atoms with Crippen molar-refractivity contribution in [3.8, 4) is 0 Å². The van der Waals surface area contributed by atoms with Crippen molar-refractivity contribution in [1.82, 2.24) is 4.90 Å². The lowest BCUT2D eigenvalue weighted by Gasteiger charge is -2.38. The summed E-state index contributed by atoms with van der Waals surface area (Å²) in [5, 5.41) is 8.64. The number of nitrogens with zero attached hydrogens (tertiary/aromatic N) is 1. The van der Waals surface area contributed by atoms with Gasteiger partial charge in [0.05, 0.1) is 12.0 Å². The minimum Gasteiger partial charge on any atom is -0.481 e. The van der Waals surface area contributed by atoms with E-state index < -0.39 is 17.9 Å². The first-order valence-electron chi connectivity index (χ1n) is 4.82. The van der Waals surface area contributed by atoms with Gasteiger partial charge < -0.3 is 15.7 Å². The number of amides is 1.